The van der Waals surface area contributed by atoms with E-state index in [9.17, 15) is 0 Å². The van der Waals surface area contributed by atoms with E-state index in [-0.39, 0.29) is 0 Å². The average molecular weight is 132 g/mol. The van der Waals surface area contributed by atoms with Crippen molar-refractivity contribution in [3.05, 3.63) is 23.9 Å². The molecule has 0 saturated heterocycles. The quantitative estimate of drug-likeness (QED) is 0.617. The molecular formula is C6H10ClN. The molecule has 0 aliphatic heterocycles. The zero-order chi connectivity index (χ0) is 6.41. The zero-order valence-electron chi connectivity index (χ0n) is 4.95. The second-order valence-electron chi connectivity index (χ2n) is 1.40. The van der Waals surface area contributed by atoms with Crippen LogP contribution >= 0.6 is 11.6 Å². The first kappa shape index (κ1) is 7.57. The Morgan fingerprint density at radius 1 is 1.88 bits per heavy atom. The second-order valence-corrected chi connectivity index (χ2v) is 1.93. The highest BCUT2D eigenvalue weighted by molar-refractivity contribution is 6.29. The lowest BCUT2D eigenvalue weighted by molar-refractivity contribution is 0.973. The summed E-state index contributed by atoms with van der Waals surface area (Å²) < 4.78 is 0. The van der Waals surface area contributed by atoms with Gasteiger partial charge in [-0.2, -0.15) is 0 Å². The molecule has 0 aromatic heterocycles. The lowest BCUT2D eigenvalue weighted by Crippen LogP contribution is -2.05. The summed E-state index contributed by atoms with van der Waals surface area (Å²) in [5, 5.41) is 3.55. The Hall–Kier alpha value is -0.430. The van der Waals surface area contributed by atoms with Crippen molar-refractivity contribution in [3.8, 4) is 0 Å². The maximum Gasteiger partial charge on any atom is 0.0496 e. The highest BCUT2D eigenvalue weighted by atomic mass is 35.5. The van der Waals surface area contributed by atoms with Crippen LogP contribution in [0.5, 0.6) is 0 Å². The minimum absolute atomic E-state index is 0.628. The molecule has 0 unspecified atom stereocenters. The zero-order valence-corrected chi connectivity index (χ0v) is 5.70. The maximum atomic E-state index is 5.42. The van der Waals surface area contributed by atoms with Gasteiger partial charge in [-0.3, -0.25) is 0 Å². The lowest BCUT2D eigenvalue weighted by Gasteiger charge is -1.93. The van der Waals surface area contributed by atoms with E-state index in [2.05, 4.69) is 11.9 Å². The molecule has 0 rings (SSSR count). The third kappa shape index (κ3) is 5.57. The van der Waals surface area contributed by atoms with Crippen molar-refractivity contribution in [3.63, 3.8) is 0 Å². The Morgan fingerprint density at radius 2 is 2.50 bits per heavy atom. The van der Waals surface area contributed by atoms with Gasteiger partial charge in [-0.15, -0.1) is 0 Å². The molecule has 0 amide bonds. The number of allylic oxidation sites excluding steroid dienone is 1. The van der Waals surface area contributed by atoms with Crippen LogP contribution in [0.1, 0.15) is 6.92 Å². The summed E-state index contributed by atoms with van der Waals surface area (Å²) >= 11 is 5.42. The molecule has 1 N–H and O–H groups in total. The largest absolute Gasteiger partial charge is 0.386 e. The first-order valence-corrected chi connectivity index (χ1v) is 2.83. The van der Waals surface area contributed by atoms with Crippen molar-refractivity contribution in [1.82, 2.24) is 5.32 Å². The molecule has 0 atom stereocenters. The van der Waals surface area contributed by atoms with E-state index in [0.717, 1.165) is 0 Å². The van der Waals surface area contributed by atoms with E-state index in [1.54, 1.807) is 0 Å². The van der Waals surface area contributed by atoms with E-state index < -0.39 is 0 Å². The van der Waals surface area contributed by atoms with E-state index in [0.29, 0.717) is 11.6 Å². The number of rotatable bonds is 3. The summed E-state index contributed by atoms with van der Waals surface area (Å²) in [5.41, 5.74) is 0. The molecule has 0 aliphatic rings. The molecule has 8 heavy (non-hydrogen) atoms. The predicted molar refractivity (Wildman–Crippen MR) is 37.8 cm³/mol. The standard InChI is InChI=1S/C6H10ClN/c1-3-4-8-5-6(2)7/h3-4,8H,2,5H2,1H3/b4-3-. The van der Waals surface area contributed by atoms with Crippen molar-refractivity contribution in [1.29, 1.82) is 0 Å². The first-order chi connectivity index (χ1) is 3.77. The second kappa shape index (κ2) is 4.72. The Balaban J connectivity index is 3.05. The molecule has 1 nitrogen and oxygen atoms in total. The van der Waals surface area contributed by atoms with Crippen LogP contribution < -0.4 is 5.32 Å². The highest BCUT2D eigenvalue weighted by Gasteiger charge is 1.79. The molecule has 0 fully saturated rings. The minimum Gasteiger partial charge on any atom is -0.386 e. The van der Waals surface area contributed by atoms with Crippen LogP contribution in [0, 0.1) is 0 Å². The normalized spacial score (nSPS) is 9.75. The summed E-state index contributed by atoms with van der Waals surface area (Å²) in [7, 11) is 0. The van der Waals surface area contributed by atoms with Crippen LogP contribution in [0.15, 0.2) is 23.9 Å². The lowest BCUT2D eigenvalue weighted by atomic mass is 10.6. The Labute approximate surface area is 55.0 Å². The smallest absolute Gasteiger partial charge is 0.0496 e. The van der Waals surface area contributed by atoms with Gasteiger partial charge in [-0.05, 0) is 13.1 Å². The molecule has 0 aromatic carbocycles. The monoisotopic (exact) mass is 131 g/mol. The SMILES string of the molecule is C=C(Cl)CN/C=C\C. The van der Waals surface area contributed by atoms with Gasteiger partial charge in [-0.25, -0.2) is 0 Å². The molecular weight excluding hydrogens is 122 g/mol. The third-order valence-electron chi connectivity index (χ3n) is 0.578. The van der Waals surface area contributed by atoms with Crippen LogP contribution in [0.3, 0.4) is 0 Å². The summed E-state index contributed by atoms with van der Waals surface area (Å²) in [6, 6.07) is 0. The number of halogens is 1. The molecule has 0 saturated carbocycles. The van der Waals surface area contributed by atoms with Gasteiger partial charge in [0, 0.05) is 11.6 Å². The molecule has 2 heteroatoms. The summed E-state index contributed by atoms with van der Waals surface area (Å²) in [5.74, 6) is 0. The highest BCUT2D eigenvalue weighted by Crippen LogP contribution is 1.91. The topological polar surface area (TPSA) is 12.0 Å². The van der Waals surface area contributed by atoms with Gasteiger partial charge in [0.25, 0.3) is 0 Å². The van der Waals surface area contributed by atoms with Crippen molar-refractivity contribution in [2.24, 2.45) is 0 Å². The van der Waals surface area contributed by atoms with Gasteiger partial charge in [0.1, 0.15) is 0 Å². The Bertz CT molecular complexity index is 96.7. The molecule has 0 spiro atoms. The predicted octanol–water partition coefficient (Wildman–Crippen LogP) is 1.86. The third-order valence-corrected chi connectivity index (χ3v) is 0.712. The van der Waals surface area contributed by atoms with Crippen LogP contribution in [0.4, 0.5) is 0 Å². The van der Waals surface area contributed by atoms with Gasteiger partial charge in [0.15, 0.2) is 0 Å². The summed E-state index contributed by atoms with van der Waals surface area (Å²) in [6.45, 7) is 6.08. The fourth-order valence-corrected chi connectivity index (χ4v) is 0.365. The van der Waals surface area contributed by atoms with Gasteiger partial charge in [0.05, 0.1) is 0 Å². The maximum absolute atomic E-state index is 5.42. The first-order valence-electron chi connectivity index (χ1n) is 2.45. The Kier molecular flexibility index (Phi) is 4.47. The Morgan fingerprint density at radius 3 is 2.88 bits per heavy atom. The fraction of sp³-hybridized carbons (Fsp3) is 0.333. The molecule has 0 aliphatic carbocycles. The number of hydrogen-bond donors (Lipinski definition) is 1. The molecule has 0 radical (unpaired) electrons. The van der Waals surface area contributed by atoms with Crippen molar-refractivity contribution in [2.75, 3.05) is 6.54 Å². The van der Waals surface area contributed by atoms with Gasteiger partial charge >= 0.3 is 0 Å². The number of hydrogen-bond acceptors (Lipinski definition) is 1. The van der Waals surface area contributed by atoms with Crippen LogP contribution in [-0.2, 0) is 0 Å². The molecule has 46 valence electrons. The number of nitrogens with one attached hydrogen (secondary N) is 1. The summed E-state index contributed by atoms with van der Waals surface area (Å²) in [6.07, 6.45) is 3.73. The van der Waals surface area contributed by atoms with E-state index in [4.69, 9.17) is 11.6 Å². The van der Waals surface area contributed by atoms with Gasteiger partial charge in [0.2, 0.25) is 0 Å². The van der Waals surface area contributed by atoms with Crippen molar-refractivity contribution >= 4 is 11.6 Å². The van der Waals surface area contributed by atoms with Crippen LogP contribution in [-0.4, -0.2) is 6.54 Å². The van der Waals surface area contributed by atoms with Gasteiger partial charge in [-0.1, -0.05) is 24.3 Å². The van der Waals surface area contributed by atoms with E-state index in [1.807, 2.05) is 19.2 Å². The summed E-state index contributed by atoms with van der Waals surface area (Å²) in [4.78, 5) is 0. The molecule has 0 aromatic rings. The van der Waals surface area contributed by atoms with Crippen molar-refractivity contribution in [2.45, 2.75) is 6.92 Å². The fourth-order valence-electron chi connectivity index (χ4n) is 0.288. The molecule has 0 bridgehead atoms. The van der Waals surface area contributed by atoms with Crippen LogP contribution in [0.25, 0.3) is 0 Å². The van der Waals surface area contributed by atoms with Crippen LogP contribution in [0.2, 0.25) is 0 Å². The van der Waals surface area contributed by atoms with Crippen molar-refractivity contribution < 1.29 is 0 Å². The average Bonchev–Trinajstić information content (AvgIpc) is 1.66. The van der Waals surface area contributed by atoms with E-state index >= 15 is 0 Å². The van der Waals surface area contributed by atoms with Gasteiger partial charge < -0.3 is 5.32 Å². The van der Waals surface area contributed by atoms with E-state index in [1.165, 1.54) is 0 Å². The molecule has 0 heterocycles. The minimum atomic E-state index is 0.628.